The second-order valence-corrected chi connectivity index (χ2v) is 4.30. The smallest absolute Gasteiger partial charge is 0.309 e. The van der Waals surface area contributed by atoms with Crippen molar-refractivity contribution >= 4 is 11.8 Å². The van der Waals surface area contributed by atoms with Crippen LogP contribution < -0.4 is 20.1 Å². The molecule has 1 fully saturated rings. The summed E-state index contributed by atoms with van der Waals surface area (Å²) < 4.78 is 10.6. The van der Waals surface area contributed by atoms with Gasteiger partial charge >= 0.3 is 11.8 Å². The molecule has 0 spiro atoms. The maximum Gasteiger partial charge on any atom is 0.309 e. The largest absolute Gasteiger partial charge is 0.454 e. The third kappa shape index (κ3) is 1.66. The number of fused-ring (bicyclic) bond motifs is 1. The van der Waals surface area contributed by atoms with Crippen molar-refractivity contribution in [3.05, 3.63) is 23.3 Å². The van der Waals surface area contributed by atoms with Crippen LogP contribution in [0.5, 0.6) is 11.5 Å². The van der Waals surface area contributed by atoms with Crippen LogP contribution in [0.1, 0.15) is 17.2 Å². The maximum atomic E-state index is 11.3. The van der Waals surface area contributed by atoms with Crippen LogP contribution >= 0.6 is 0 Å². The second-order valence-electron chi connectivity index (χ2n) is 4.30. The van der Waals surface area contributed by atoms with E-state index in [9.17, 15) is 9.59 Å². The molecular weight excluding hydrogens is 236 g/mol. The number of ether oxygens (including phenoxy) is 2. The minimum Gasteiger partial charge on any atom is -0.454 e. The molecule has 6 nitrogen and oxygen atoms in total. The summed E-state index contributed by atoms with van der Waals surface area (Å²) in [5, 5.41) is 5.22. The Morgan fingerprint density at radius 1 is 1.17 bits per heavy atom. The number of rotatable bonds is 1. The van der Waals surface area contributed by atoms with E-state index >= 15 is 0 Å². The highest BCUT2D eigenvalue weighted by molar-refractivity contribution is 6.35. The Balaban J connectivity index is 1.93. The fourth-order valence-corrected chi connectivity index (χ4v) is 2.17. The fraction of sp³-hybridized carbons (Fsp3) is 0.333. The first-order valence-corrected chi connectivity index (χ1v) is 5.64. The van der Waals surface area contributed by atoms with Crippen LogP contribution in [0, 0.1) is 6.92 Å². The molecule has 0 aliphatic carbocycles. The van der Waals surface area contributed by atoms with Crippen LogP contribution in [0.4, 0.5) is 0 Å². The van der Waals surface area contributed by atoms with Crippen LogP contribution in [0.2, 0.25) is 0 Å². The van der Waals surface area contributed by atoms with Crippen LogP contribution in [-0.4, -0.2) is 25.2 Å². The molecule has 0 bridgehead atoms. The van der Waals surface area contributed by atoms with E-state index < -0.39 is 11.8 Å². The van der Waals surface area contributed by atoms with Gasteiger partial charge in [-0.25, -0.2) is 0 Å². The van der Waals surface area contributed by atoms with E-state index in [1.165, 1.54) is 0 Å². The molecule has 0 saturated carbocycles. The van der Waals surface area contributed by atoms with E-state index in [0.29, 0.717) is 18.0 Å². The molecule has 94 valence electrons. The zero-order chi connectivity index (χ0) is 12.7. The SMILES string of the molecule is Cc1cc2c(cc1C1CNC(=O)C(=O)N1)OCO2. The molecule has 2 aliphatic rings. The quantitative estimate of drug-likeness (QED) is 0.686. The average Bonchev–Trinajstić information content (AvgIpc) is 2.79. The Labute approximate surface area is 103 Å². The van der Waals surface area contributed by atoms with Crippen molar-refractivity contribution in [3.63, 3.8) is 0 Å². The summed E-state index contributed by atoms with van der Waals surface area (Å²) in [5.41, 5.74) is 1.91. The Morgan fingerprint density at radius 2 is 1.89 bits per heavy atom. The van der Waals surface area contributed by atoms with Gasteiger partial charge in [0.15, 0.2) is 11.5 Å². The lowest BCUT2D eigenvalue weighted by Crippen LogP contribution is -2.51. The average molecular weight is 248 g/mol. The van der Waals surface area contributed by atoms with Gasteiger partial charge in [0.2, 0.25) is 6.79 Å². The molecule has 1 aromatic carbocycles. The molecule has 2 aliphatic heterocycles. The van der Waals surface area contributed by atoms with Crippen molar-refractivity contribution in [2.45, 2.75) is 13.0 Å². The summed E-state index contributed by atoms with van der Waals surface area (Å²) in [4.78, 5) is 22.4. The van der Waals surface area contributed by atoms with Crippen molar-refractivity contribution < 1.29 is 19.1 Å². The molecule has 0 radical (unpaired) electrons. The number of hydrogen-bond donors (Lipinski definition) is 2. The number of aryl methyl sites for hydroxylation is 1. The lowest BCUT2D eigenvalue weighted by molar-refractivity contribution is -0.141. The van der Waals surface area contributed by atoms with Gasteiger partial charge < -0.3 is 20.1 Å². The lowest BCUT2D eigenvalue weighted by atomic mass is 9.99. The van der Waals surface area contributed by atoms with E-state index in [4.69, 9.17) is 9.47 Å². The topological polar surface area (TPSA) is 76.7 Å². The first kappa shape index (κ1) is 10.9. The predicted octanol–water partition coefficient (Wildman–Crippen LogP) is 0.0108. The molecular formula is C12H12N2O4. The van der Waals surface area contributed by atoms with Gasteiger partial charge in [-0.2, -0.15) is 0 Å². The maximum absolute atomic E-state index is 11.3. The molecule has 1 saturated heterocycles. The zero-order valence-electron chi connectivity index (χ0n) is 9.78. The fourth-order valence-electron chi connectivity index (χ4n) is 2.17. The molecule has 3 rings (SSSR count). The molecule has 2 heterocycles. The first-order chi connectivity index (χ1) is 8.65. The van der Waals surface area contributed by atoms with Gasteiger partial charge in [-0.1, -0.05) is 0 Å². The summed E-state index contributed by atoms with van der Waals surface area (Å²) in [7, 11) is 0. The molecule has 2 amide bonds. The number of hydrogen-bond acceptors (Lipinski definition) is 4. The van der Waals surface area contributed by atoms with Gasteiger partial charge in [-0.15, -0.1) is 0 Å². The van der Waals surface area contributed by atoms with E-state index in [0.717, 1.165) is 11.1 Å². The summed E-state index contributed by atoms with van der Waals surface area (Å²) in [6.07, 6.45) is 0. The molecule has 0 aromatic heterocycles. The van der Waals surface area contributed by atoms with E-state index in [1.807, 2.05) is 19.1 Å². The Kier molecular flexibility index (Phi) is 2.36. The van der Waals surface area contributed by atoms with Crippen molar-refractivity contribution in [1.82, 2.24) is 10.6 Å². The normalized spacial score (nSPS) is 21.5. The van der Waals surface area contributed by atoms with Crippen LogP contribution in [0.25, 0.3) is 0 Å². The summed E-state index contributed by atoms with van der Waals surface area (Å²) in [5.74, 6) is 0.178. The van der Waals surface area contributed by atoms with Crippen LogP contribution in [0.15, 0.2) is 12.1 Å². The summed E-state index contributed by atoms with van der Waals surface area (Å²) in [6.45, 7) is 2.52. The summed E-state index contributed by atoms with van der Waals surface area (Å²) >= 11 is 0. The van der Waals surface area contributed by atoms with E-state index in [1.54, 1.807) is 0 Å². The lowest BCUT2D eigenvalue weighted by Gasteiger charge is -2.25. The number of carbonyl (C=O) groups excluding carboxylic acids is 2. The third-order valence-corrected chi connectivity index (χ3v) is 3.11. The van der Waals surface area contributed by atoms with Crippen molar-refractivity contribution in [1.29, 1.82) is 0 Å². The second kappa shape index (κ2) is 3.90. The third-order valence-electron chi connectivity index (χ3n) is 3.11. The standard InChI is InChI=1S/C12H12N2O4/c1-6-2-9-10(18-5-17-9)3-7(6)8-4-13-11(15)12(16)14-8/h2-3,8H,4-5H2,1H3,(H,13,15)(H,14,16). The van der Waals surface area contributed by atoms with Crippen LogP contribution in [0.3, 0.4) is 0 Å². The minimum absolute atomic E-state index is 0.214. The monoisotopic (exact) mass is 248 g/mol. The molecule has 2 N–H and O–H groups in total. The molecule has 1 unspecified atom stereocenters. The highest BCUT2D eigenvalue weighted by atomic mass is 16.7. The Hall–Kier alpha value is -2.24. The summed E-state index contributed by atoms with van der Waals surface area (Å²) in [6, 6.07) is 3.49. The highest BCUT2D eigenvalue weighted by Gasteiger charge is 2.28. The van der Waals surface area contributed by atoms with Gasteiger partial charge in [-0.3, -0.25) is 9.59 Å². The first-order valence-electron chi connectivity index (χ1n) is 5.64. The molecule has 6 heteroatoms. The van der Waals surface area contributed by atoms with Gasteiger partial charge in [-0.05, 0) is 30.2 Å². The number of piperazine rings is 1. The van der Waals surface area contributed by atoms with E-state index in [2.05, 4.69) is 10.6 Å². The van der Waals surface area contributed by atoms with Crippen molar-refractivity contribution in [2.75, 3.05) is 13.3 Å². The Morgan fingerprint density at radius 3 is 2.61 bits per heavy atom. The number of benzene rings is 1. The van der Waals surface area contributed by atoms with Gasteiger partial charge in [0.25, 0.3) is 0 Å². The number of carbonyl (C=O) groups is 2. The zero-order valence-corrected chi connectivity index (χ0v) is 9.78. The number of nitrogens with one attached hydrogen (secondary N) is 2. The van der Waals surface area contributed by atoms with E-state index in [-0.39, 0.29) is 12.8 Å². The molecule has 1 aromatic rings. The number of amides is 2. The minimum atomic E-state index is -0.608. The molecule has 1 atom stereocenters. The Bertz CT molecular complexity index is 541. The van der Waals surface area contributed by atoms with Crippen LogP contribution in [-0.2, 0) is 9.59 Å². The molecule has 18 heavy (non-hydrogen) atoms. The van der Waals surface area contributed by atoms with Crippen molar-refractivity contribution in [2.24, 2.45) is 0 Å². The van der Waals surface area contributed by atoms with Gasteiger partial charge in [0, 0.05) is 6.54 Å². The highest BCUT2D eigenvalue weighted by Crippen LogP contribution is 2.36. The van der Waals surface area contributed by atoms with Gasteiger partial charge in [0.05, 0.1) is 6.04 Å². The van der Waals surface area contributed by atoms with Gasteiger partial charge in [0.1, 0.15) is 0 Å². The predicted molar refractivity (Wildman–Crippen MR) is 61.2 cm³/mol. The van der Waals surface area contributed by atoms with Crippen molar-refractivity contribution in [3.8, 4) is 11.5 Å².